The van der Waals surface area contributed by atoms with Gasteiger partial charge < -0.3 is 14.8 Å². The maximum atomic E-state index is 12.2. The molecule has 0 spiro atoms. The van der Waals surface area contributed by atoms with Gasteiger partial charge in [-0.3, -0.25) is 9.69 Å². The minimum atomic E-state index is -0.124. The third kappa shape index (κ3) is 4.42. The van der Waals surface area contributed by atoms with E-state index in [1.807, 2.05) is 37.9 Å². The first kappa shape index (κ1) is 16.7. The maximum absolute atomic E-state index is 12.2. The van der Waals surface area contributed by atoms with E-state index in [2.05, 4.69) is 10.3 Å². The van der Waals surface area contributed by atoms with E-state index in [9.17, 15) is 4.79 Å². The van der Waals surface area contributed by atoms with Crippen molar-refractivity contribution in [1.82, 2.24) is 15.2 Å². The molecule has 0 bridgehead atoms. The lowest BCUT2D eigenvalue weighted by molar-refractivity contribution is -0.125. The van der Waals surface area contributed by atoms with Gasteiger partial charge in [0.25, 0.3) is 0 Å². The second-order valence-electron chi connectivity index (χ2n) is 5.94. The number of amides is 1. The Morgan fingerprint density at radius 1 is 1.50 bits per heavy atom. The molecular formula is C16H25N3O3. The van der Waals surface area contributed by atoms with Crippen LogP contribution in [0, 0.1) is 0 Å². The molecule has 122 valence electrons. The van der Waals surface area contributed by atoms with Crippen LogP contribution in [0.5, 0.6) is 5.88 Å². The molecule has 1 aromatic rings. The van der Waals surface area contributed by atoms with Crippen LogP contribution in [0.3, 0.4) is 0 Å². The summed E-state index contributed by atoms with van der Waals surface area (Å²) in [6, 6.07) is 3.62. The predicted molar refractivity (Wildman–Crippen MR) is 83.7 cm³/mol. The van der Waals surface area contributed by atoms with Crippen molar-refractivity contribution in [3.63, 3.8) is 0 Å². The number of carbonyl (C=O) groups excluding carboxylic acids is 1. The van der Waals surface area contributed by atoms with Gasteiger partial charge in [0, 0.05) is 32.5 Å². The number of ether oxygens (including phenoxy) is 2. The summed E-state index contributed by atoms with van der Waals surface area (Å²) in [4.78, 5) is 18.5. The summed E-state index contributed by atoms with van der Waals surface area (Å²) >= 11 is 0. The molecule has 1 aliphatic heterocycles. The number of pyridine rings is 1. The van der Waals surface area contributed by atoms with Crippen molar-refractivity contribution >= 4 is 5.91 Å². The van der Waals surface area contributed by atoms with E-state index < -0.39 is 0 Å². The number of hydrogen-bond donors (Lipinski definition) is 1. The molecule has 6 nitrogen and oxygen atoms in total. The van der Waals surface area contributed by atoms with Crippen LogP contribution in [-0.4, -0.2) is 54.7 Å². The van der Waals surface area contributed by atoms with Gasteiger partial charge in [-0.05, 0) is 32.9 Å². The Morgan fingerprint density at radius 2 is 2.27 bits per heavy atom. The Balaban J connectivity index is 1.83. The zero-order valence-corrected chi connectivity index (χ0v) is 13.7. The highest BCUT2D eigenvalue weighted by molar-refractivity contribution is 5.82. The largest absolute Gasteiger partial charge is 0.475 e. The first-order chi connectivity index (χ1) is 10.5. The molecule has 0 saturated carbocycles. The monoisotopic (exact) mass is 307 g/mol. The summed E-state index contributed by atoms with van der Waals surface area (Å²) in [6.07, 6.45) is 2.70. The second kappa shape index (κ2) is 7.56. The van der Waals surface area contributed by atoms with Gasteiger partial charge >= 0.3 is 0 Å². The van der Waals surface area contributed by atoms with Crippen LogP contribution in [0.2, 0.25) is 0 Å². The minimum absolute atomic E-state index is 0.0320. The number of rotatable bonds is 6. The maximum Gasteiger partial charge on any atom is 0.237 e. The van der Waals surface area contributed by atoms with Crippen molar-refractivity contribution in [1.29, 1.82) is 0 Å². The lowest BCUT2D eigenvalue weighted by Crippen LogP contribution is -2.41. The minimum Gasteiger partial charge on any atom is -0.475 e. The molecule has 1 aromatic heterocycles. The second-order valence-corrected chi connectivity index (χ2v) is 5.94. The average molecular weight is 307 g/mol. The molecule has 0 aromatic carbocycles. The van der Waals surface area contributed by atoms with Crippen LogP contribution in [0.25, 0.3) is 0 Å². The summed E-state index contributed by atoms with van der Waals surface area (Å²) < 4.78 is 10.8. The highest BCUT2D eigenvalue weighted by Gasteiger charge is 2.34. The van der Waals surface area contributed by atoms with Crippen molar-refractivity contribution in [2.45, 2.75) is 45.1 Å². The quantitative estimate of drug-likeness (QED) is 0.856. The lowest BCUT2D eigenvalue weighted by Gasteiger charge is -2.18. The van der Waals surface area contributed by atoms with Gasteiger partial charge in [-0.15, -0.1) is 0 Å². The van der Waals surface area contributed by atoms with Crippen LogP contribution < -0.4 is 10.1 Å². The third-order valence-electron chi connectivity index (χ3n) is 3.77. The Labute approximate surface area is 131 Å². The Morgan fingerprint density at radius 3 is 2.82 bits per heavy atom. The average Bonchev–Trinajstić information content (AvgIpc) is 2.87. The molecule has 2 rings (SSSR count). The summed E-state index contributed by atoms with van der Waals surface area (Å²) in [6.45, 7) is 5.18. The fraction of sp³-hybridized carbons (Fsp3) is 0.625. The van der Waals surface area contributed by atoms with Gasteiger partial charge in [-0.25, -0.2) is 4.98 Å². The zero-order valence-electron chi connectivity index (χ0n) is 13.7. The van der Waals surface area contributed by atoms with E-state index in [1.165, 1.54) is 0 Å². The van der Waals surface area contributed by atoms with Gasteiger partial charge in [0.05, 0.1) is 18.2 Å². The molecule has 1 aliphatic rings. The third-order valence-corrected chi connectivity index (χ3v) is 3.77. The first-order valence-electron chi connectivity index (χ1n) is 7.62. The van der Waals surface area contributed by atoms with E-state index in [4.69, 9.17) is 9.47 Å². The van der Waals surface area contributed by atoms with Crippen molar-refractivity contribution < 1.29 is 14.3 Å². The number of methoxy groups -OCH3 is 1. The summed E-state index contributed by atoms with van der Waals surface area (Å²) in [5.41, 5.74) is 0.952. The normalized spacial score (nSPS) is 22.0. The van der Waals surface area contributed by atoms with Gasteiger partial charge in [0.15, 0.2) is 0 Å². The molecule has 22 heavy (non-hydrogen) atoms. The smallest absolute Gasteiger partial charge is 0.237 e. The standard InChI is InChI=1S/C16H25N3O3/c1-11(2)22-15-6-5-12(8-17-15)9-18-16(20)14-7-13(21-4)10-19(14)3/h5-6,8,11,13-14H,7,9-10H2,1-4H3,(H,18,20)/t13-,14-/m0/s1. The van der Waals surface area contributed by atoms with Gasteiger partial charge in [0.1, 0.15) is 0 Å². The molecule has 0 radical (unpaired) electrons. The Bertz CT molecular complexity index is 490. The number of carbonyl (C=O) groups is 1. The topological polar surface area (TPSA) is 63.7 Å². The van der Waals surface area contributed by atoms with Crippen molar-refractivity contribution in [3.8, 4) is 5.88 Å². The summed E-state index contributed by atoms with van der Waals surface area (Å²) in [5.74, 6) is 0.632. The van der Waals surface area contributed by atoms with E-state index in [-0.39, 0.29) is 24.2 Å². The molecule has 1 saturated heterocycles. The highest BCUT2D eigenvalue weighted by Crippen LogP contribution is 2.18. The number of aromatic nitrogens is 1. The van der Waals surface area contributed by atoms with Crippen molar-refractivity contribution in [2.24, 2.45) is 0 Å². The van der Waals surface area contributed by atoms with E-state index in [0.29, 0.717) is 12.4 Å². The van der Waals surface area contributed by atoms with Crippen LogP contribution in [0.15, 0.2) is 18.3 Å². The summed E-state index contributed by atoms with van der Waals surface area (Å²) in [5, 5.41) is 2.96. The van der Waals surface area contributed by atoms with Crippen molar-refractivity contribution in [2.75, 3.05) is 20.7 Å². The highest BCUT2D eigenvalue weighted by atomic mass is 16.5. The van der Waals surface area contributed by atoms with Crippen LogP contribution in [0.1, 0.15) is 25.8 Å². The van der Waals surface area contributed by atoms with Crippen LogP contribution >= 0.6 is 0 Å². The first-order valence-corrected chi connectivity index (χ1v) is 7.62. The van der Waals surface area contributed by atoms with E-state index in [1.54, 1.807) is 13.3 Å². The predicted octanol–water partition coefficient (Wildman–Crippen LogP) is 1.20. The van der Waals surface area contributed by atoms with Gasteiger partial charge in [-0.2, -0.15) is 0 Å². The Hall–Kier alpha value is -1.66. The van der Waals surface area contributed by atoms with Crippen LogP contribution in [-0.2, 0) is 16.1 Å². The van der Waals surface area contributed by atoms with Crippen LogP contribution in [0.4, 0.5) is 0 Å². The molecule has 1 amide bonds. The molecule has 0 aliphatic carbocycles. The van der Waals surface area contributed by atoms with Crippen molar-refractivity contribution in [3.05, 3.63) is 23.9 Å². The lowest BCUT2D eigenvalue weighted by atomic mass is 10.2. The number of hydrogen-bond acceptors (Lipinski definition) is 5. The molecule has 1 fully saturated rings. The number of nitrogens with zero attached hydrogens (tertiary/aromatic N) is 2. The summed E-state index contributed by atoms with van der Waals surface area (Å²) in [7, 11) is 3.63. The molecule has 2 atom stereocenters. The number of nitrogens with one attached hydrogen (secondary N) is 1. The zero-order chi connectivity index (χ0) is 16.1. The number of likely N-dealkylation sites (N-methyl/N-ethyl adjacent to an activating group) is 1. The number of likely N-dealkylation sites (tertiary alicyclic amines) is 1. The van der Waals surface area contributed by atoms with Gasteiger partial charge in [-0.1, -0.05) is 6.07 Å². The SMILES string of the molecule is CO[C@H]1C[C@@H](C(=O)NCc2ccc(OC(C)C)nc2)N(C)C1. The van der Waals surface area contributed by atoms with Gasteiger partial charge in [0.2, 0.25) is 11.8 Å². The fourth-order valence-corrected chi connectivity index (χ4v) is 2.56. The van der Waals surface area contributed by atoms with E-state index in [0.717, 1.165) is 18.5 Å². The molecule has 2 heterocycles. The Kier molecular flexibility index (Phi) is 5.74. The molecule has 1 N–H and O–H groups in total. The fourth-order valence-electron chi connectivity index (χ4n) is 2.56. The molecular weight excluding hydrogens is 282 g/mol. The van der Waals surface area contributed by atoms with E-state index >= 15 is 0 Å². The molecule has 6 heteroatoms. The molecule has 0 unspecified atom stereocenters.